The molecule has 8 nitrogen and oxygen atoms in total. The largest absolute Gasteiger partial charge is 0.466 e. The molecule has 0 aliphatic heterocycles. The van der Waals surface area contributed by atoms with Crippen LogP contribution in [0.3, 0.4) is 0 Å². The maximum absolute atomic E-state index is 14.3. The Labute approximate surface area is 214 Å². The lowest BCUT2D eigenvalue weighted by Gasteiger charge is -2.31. The van der Waals surface area contributed by atoms with Gasteiger partial charge in [0.15, 0.2) is 5.69 Å². The number of methoxy groups -OCH3 is 1. The van der Waals surface area contributed by atoms with Gasteiger partial charge in [0.1, 0.15) is 5.82 Å². The van der Waals surface area contributed by atoms with Gasteiger partial charge in [0.2, 0.25) is 0 Å². The van der Waals surface area contributed by atoms with Gasteiger partial charge < -0.3 is 14.8 Å². The summed E-state index contributed by atoms with van der Waals surface area (Å²) in [4.78, 5) is 25.7. The number of rotatable bonds is 12. The molecular formula is C26H30ClFN4O4. The van der Waals surface area contributed by atoms with Crippen LogP contribution in [0, 0.1) is 11.2 Å². The normalized spacial score (nSPS) is 13.6. The number of nitrogens with one attached hydrogen (secondary N) is 2. The van der Waals surface area contributed by atoms with E-state index in [1.165, 1.54) is 18.3 Å². The van der Waals surface area contributed by atoms with E-state index in [2.05, 4.69) is 20.7 Å². The Morgan fingerprint density at radius 1 is 1.22 bits per heavy atom. The van der Waals surface area contributed by atoms with Crippen LogP contribution in [-0.4, -0.2) is 53.7 Å². The smallest absolute Gasteiger partial charge is 0.311 e. The fourth-order valence-corrected chi connectivity index (χ4v) is 4.21. The number of amides is 1. The van der Waals surface area contributed by atoms with E-state index in [9.17, 15) is 14.0 Å². The highest BCUT2D eigenvalue weighted by atomic mass is 35.5. The van der Waals surface area contributed by atoms with E-state index in [-0.39, 0.29) is 24.1 Å². The number of benzene rings is 2. The molecule has 1 amide bonds. The van der Waals surface area contributed by atoms with Crippen molar-refractivity contribution in [1.82, 2.24) is 20.7 Å². The first-order valence-corrected chi connectivity index (χ1v) is 12.0. The lowest BCUT2D eigenvalue weighted by Crippen LogP contribution is -2.43. The minimum atomic E-state index is -0.891. The van der Waals surface area contributed by atoms with E-state index in [4.69, 9.17) is 21.1 Å². The molecule has 2 N–H and O–H groups in total. The Bertz CT molecular complexity index is 1160. The summed E-state index contributed by atoms with van der Waals surface area (Å²) in [5.74, 6) is -1.13. The number of H-pyrrole nitrogens is 1. The van der Waals surface area contributed by atoms with Crippen molar-refractivity contribution in [1.29, 1.82) is 0 Å². The molecule has 36 heavy (non-hydrogen) atoms. The minimum absolute atomic E-state index is 0.140. The zero-order valence-electron chi connectivity index (χ0n) is 20.5. The van der Waals surface area contributed by atoms with Gasteiger partial charge in [-0.05, 0) is 62.4 Å². The van der Waals surface area contributed by atoms with Crippen LogP contribution in [0.4, 0.5) is 4.39 Å². The third kappa shape index (κ3) is 7.11. The Morgan fingerprint density at radius 2 is 1.97 bits per heavy atom. The van der Waals surface area contributed by atoms with E-state index < -0.39 is 17.4 Å². The first kappa shape index (κ1) is 27.3. The molecule has 0 aliphatic carbocycles. The maximum atomic E-state index is 14.3. The van der Waals surface area contributed by atoms with Gasteiger partial charge in [-0.25, -0.2) is 4.39 Å². The van der Waals surface area contributed by atoms with Crippen molar-refractivity contribution in [3.05, 3.63) is 70.8 Å². The summed E-state index contributed by atoms with van der Waals surface area (Å²) in [6, 6.07) is 11.3. The molecule has 0 aliphatic rings. The number of nitrogens with zero attached hydrogens (tertiary/aromatic N) is 2. The quantitative estimate of drug-likeness (QED) is 0.341. The van der Waals surface area contributed by atoms with Crippen molar-refractivity contribution >= 4 is 23.5 Å². The second kappa shape index (κ2) is 12.6. The van der Waals surface area contributed by atoms with E-state index in [0.717, 1.165) is 5.56 Å². The van der Waals surface area contributed by atoms with Crippen LogP contribution in [0.15, 0.2) is 48.7 Å². The minimum Gasteiger partial charge on any atom is -0.466 e. The van der Waals surface area contributed by atoms with Crippen molar-refractivity contribution in [2.75, 3.05) is 20.3 Å². The summed E-state index contributed by atoms with van der Waals surface area (Å²) in [6.07, 6.45) is 2.55. The Kier molecular flexibility index (Phi) is 9.55. The Hall–Kier alpha value is -3.30. The third-order valence-electron chi connectivity index (χ3n) is 5.98. The van der Waals surface area contributed by atoms with Gasteiger partial charge in [-0.15, -0.1) is 5.10 Å². The van der Waals surface area contributed by atoms with Gasteiger partial charge >= 0.3 is 5.97 Å². The zero-order valence-corrected chi connectivity index (χ0v) is 21.3. The average Bonchev–Trinajstić information content (AvgIpc) is 3.40. The summed E-state index contributed by atoms with van der Waals surface area (Å²) in [6.45, 7) is 4.17. The van der Waals surface area contributed by atoms with Crippen molar-refractivity contribution in [3.8, 4) is 11.1 Å². The SMILES string of the molecule is CCOC(=O)C(C)(CCOC)C[C@@H](Cc1ccc(-c2cc(Cl)ccc2F)cc1)NC(=O)c1c[nH]nn1. The van der Waals surface area contributed by atoms with Crippen LogP contribution < -0.4 is 5.32 Å². The number of hydrogen-bond donors (Lipinski definition) is 2. The molecule has 1 unspecified atom stereocenters. The summed E-state index contributed by atoms with van der Waals surface area (Å²) in [5, 5.41) is 13.3. The van der Waals surface area contributed by atoms with Gasteiger partial charge in [0, 0.05) is 30.3 Å². The van der Waals surface area contributed by atoms with E-state index in [1.54, 1.807) is 32.2 Å². The van der Waals surface area contributed by atoms with Crippen LogP contribution in [0.2, 0.25) is 5.02 Å². The van der Waals surface area contributed by atoms with Gasteiger partial charge in [-0.2, -0.15) is 0 Å². The second-order valence-corrected chi connectivity index (χ2v) is 9.22. The Balaban J connectivity index is 1.85. The fourth-order valence-electron chi connectivity index (χ4n) is 4.03. The molecule has 0 bridgehead atoms. The molecule has 10 heteroatoms. The van der Waals surface area contributed by atoms with Gasteiger partial charge in [-0.3, -0.25) is 14.7 Å². The van der Waals surface area contributed by atoms with Crippen molar-refractivity contribution in [2.24, 2.45) is 5.41 Å². The van der Waals surface area contributed by atoms with Gasteiger partial charge in [-0.1, -0.05) is 41.1 Å². The molecule has 0 radical (unpaired) electrons. The molecule has 3 aromatic rings. The molecular weight excluding hydrogens is 487 g/mol. The van der Waals surface area contributed by atoms with Crippen LogP contribution in [-0.2, 0) is 20.7 Å². The molecule has 0 spiro atoms. The van der Waals surface area contributed by atoms with Crippen LogP contribution in [0.25, 0.3) is 11.1 Å². The predicted octanol–water partition coefficient (Wildman–Crippen LogP) is 4.60. The first-order valence-electron chi connectivity index (χ1n) is 11.6. The lowest BCUT2D eigenvalue weighted by molar-refractivity contribution is -0.156. The second-order valence-electron chi connectivity index (χ2n) is 8.78. The molecule has 2 aromatic carbocycles. The number of esters is 1. The van der Waals surface area contributed by atoms with Crippen LogP contribution >= 0.6 is 11.6 Å². The highest BCUT2D eigenvalue weighted by molar-refractivity contribution is 6.30. The molecule has 0 saturated heterocycles. The molecule has 1 aromatic heterocycles. The van der Waals surface area contributed by atoms with Crippen molar-refractivity contribution < 1.29 is 23.5 Å². The Morgan fingerprint density at radius 3 is 2.61 bits per heavy atom. The van der Waals surface area contributed by atoms with E-state index >= 15 is 0 Å². The van der Waals surface area contributed by atoms with Crippen molar-refractivity contribution in [2.45, 2.75) is 39.2 Å². The van der Waals surface area contributed by atoms with Crippen LogP contribution in [0.1, 0.15) is 42.7 Å². The average molecular weight is 517 g/mol. The number of aromatic nitrogens is 3. The third-order valence-corrected chi connectivity index (χ3v) is 6.22. The monoisotopic (exact) mass is 516 g/mol. The molecule has 3 rings (SSSR count). The molecule has 1 heterocycles. The number of carbonyl (C=O) groups is 2. The summed E-state index contributed by atoms with van der Waals surface area (Å²) in [5.41, 5.74) is 1.22. The first-order chi connectivity index (χ1) is 17.3. The molecule has 0 fully saturated rings. The zero-order chi connectivity index (χ0) is 26.1. The number of aromatic amines is 1. The highest BCUT2D eigenvalue weighted by Crippen LogP contribution is 2.32. The van der Waals surface area contributed by atoms with Gasteiger partial charge in [0.05, 0.1) is 18.2 Å². The van der Waals surface area contributed by atoms with Crippen LogP contribution in [0.5, 0.6) is 0 Å². The molecule has 2 atom stereocenters. The molecule has 0 saturated carbocycles. The topological polar surface area (TPSA) is 106 Å². The van der Waals surface area contributed by atoms with Crippen molar-refractivity contribution in [3.63, 3.8) is 0 Å². The number of halogens is 2. The lowest BCUT2D eigenvalue weighted by atomic mass is 9.79. The number of hydrogen-bond acceptors (Lipinski definition) is 6. The standard InChI is InChI=1S/C26H30ClFN4O4/c1-4-36-25(34)26(2,11-12-35-3)15-20(30-24(33)23-16-29-32-31-23)13-17-5-7-18(8-6-17)21-14-19(27)9-10-22(21)28/h5-10,14,16,20H,4,11-13,15H2,1-3H3,(H,30,33)(H,29,31,32)/t20-,26?/m1/s1. The summed E-state index contributed by atoms with van der Waals surface area (Å²) >= 11 is 6.04. The van der Waals surface area contributed by atoms with E-state index in [0.29, 0.717) is 42.0 Å². The van der Waals surface area contributed by atoms with Gasteiger partial charge in [0.25, 0.3) is 5.91 Å². The molecule has 192 valence electrons. The van der Waals surface area contributed by atoms with E-state index in [1.807, 2.05) is 19.1 Å². The number of ether oxygens (including phenoxy) is 2. The predicted molar refractivity (Wildman–Crippen MR) is 134 cm³/mol. The number of carbonyl (C=O) groups excluding carboxylic acids is 2. The fraction of sp³-hybridized carbons (Fsp3) is 0.385. The summed E-state index contributed by atoms with van der Waals surface area (Å²) in [7, 11) is 1.57. The maximum Gasteiger partial charge on any atom is 0.311 e. The summed E-state index contributed by atoms with van der Waals surface area (Å²) < 4.78 is 24.9. The highest BCUT2D eigenvalue weighted by Gasteiger charge is 2.37.